The van der Waals surface area contributed by atoms with Gasteiger partial charge in [-0.1, -0.05) is 30.3 Å². The van der Waals surface area contributed by atoms with Crippen LogP contribution < -0.4 is 9.62 Å². The normalized spacial score (nSPS) is 12.5. The number of sulfonamides is 1. The summed E-state index contributed by atoms with van der Waals surface area (Å²) in [6.45, 7) is 7.82. The fraction of sp³-hybridized carbons (Fsp3) is 0.350. The lowest BCUT2D eigenvalue weighted by Gasteiger charge is -2.28. The molecular formula is C20H26N2O3S. The van der Waals surface area contributed by atoms with Crippen molar-refractivity contribution in [2.24, 2.45) is 0 Å². The lowest BCUT2D eigenvalue weighted by atomic mass is 10.1. The van der Waals surface area contributed by atoms with Gasteiger partial charge in [-0.25, -0.2) is 8.42 Å². The molecule has 0 fully saturated rings. The quantitative estimate of drug-likeness (QED) is 0.845. The number of carbonyl (C=O) groups excluding carboxylic acids is 1. The van der Waals surface area contributed by atoms with Crippen molar-refractivity contribution >= 4 is 21.6 Å². The molecule has 0 unspecified atom stereocenters. The number of rotatable bonds is 6. The number of aryl methyl sites for hydroxylation is 3. The molecule has 0 aliphatic carbocycles. The molecular weight excluding hydrogens is 348 g/mol. The number of amides is 1. The summed E-state index contributed by atoms with van der Waals surface area (Å²) in [4.78, 5) is 12.6. The van der Waals surface area contributed by atoms with E-state index in [4.69, 9.17) is 0 Å². The molecule has 0 aromatic heterocycles. The fourth-order valence-corrected chi connectivity index (χ4v) is 3.98. The van der Waals surface area contributed by atoms with Crippen LogP contribution in [0.5, 0.6) is 0 Å². The molecule has 0 aliphatic rings. The van der Waals surface area contributed by atoms with Gasteiger partial charge in [0.05, 0.1) is 11.9 Å². The van der Waals surface area contributed by atoms with Gasteiger partial charge in [0.25, 0.3) is 0 Å². The minimum Gasteiger partial charge on any atom is -0.350 e. The third-order valence-electron chi connectivity index (χ3n) is 4.55. The summed E-state index contributed by atoms with van der Waals surface area (Å²) in [6, 6.07) is 12.3. The van der Waals surface area contributed by atoms with E-state index in [1.165, 1.54) is 4.31 Å². The van der Waals surface area contributed by atoms with E-state index in [1.807, 2.05) is 51.1 Å². The molecule has 1 amide bonds. The van der Waals surface area contributed by atoms with Crippen LogP contribution in [0.15, 0.2) is 42.5 Å². The number of carbonyl (C=O) groups is 1. The van der Waals surface area contributed by atoms with Crippen LogP contribution in [0.4, 0.5) is 5.69 Å². The van der Waals surface area contributed by atoms with Gasteiger partial charge in [0.1, 0.15) is 6.04 Å². The van der Waals surface area contributed by atoms with Crippen molar-refractivity contribution < 1.29 is 13.2 Å². The molecule has 0 aliphatic heterocycles. The predicted octanol–water partition coefficient (Wildman–Crippen LogP) is 3.08. The zero-order valence-corrected chi connectivity index (χ0v) is 16.7. The van der Waals surface area contributed by atoms with Crippen LogP contribution in [-0.2, 0) is 21.4 Å². The smallest absolute Gasteiger partial charge is 0.243 e. The molecule has 6 heteroatoms. The molecule has 1 N–H and O–H groups in total. The fourth-order valence-electron chi connectivity index (χ4n) is 2.81. The molecule has 0 spiro atoms. The second-order valence-corrected chi connectivity index (χ2v) is 8.51. The molecule has 2 aromatic carbocycles. The number of nitrogens with one attached hydrogen (secondary N) is 1. The molecule has 1 atom stereocenters. The summed E-state index contributed by atoms with van der Waals surface area (Å²) >= 11 is 0. The minimum absolute atomic E-state index is 0.336. The molecule has 0 heterocycles. The van der Waals surface area contributed by atoms with Crippen molar-refractivity contribution in [1.29, 1.82) is 0 Å². The van der Waals surface area contributed by atoms with Crippen molar-refractivity contribution in [3.63, 3.8) is 0 Å². The number of nitrogens with zero attached hydrogens (tertiary/aromatic N) is 1. The maximum Gasteiger partial charge on any atom is 0.243 e. The van der Waals surface area contributed by atoms with Crippen molar-refractivity contribution in [3.8, 4) is 0 Å². The van der Waals surface area contributed by atoms with Gasteiger partial charge in [0.15, 0.2) is 0 Å². The van der Waals surface area contributed by atoms with Gasteiger partial charge < -0.3 is 5.32 Å². The van der Waals surface area contributed by atoms with Gasteiger partial charge >= 0.3 is 0 Å². The van der Waals surface area contributed by atoms with E-state index in [-0.39, 0.29) is 5.91 Å². The Labute approximate surface area is 156 Å². The van der Waals surface area contributed by atoms with E-state index in [0.29, 0.717) is 12.2 Å². The SMILES string of the molecule is Cc1ccc(N([C@H](C)C(=O)NCc2ccccc2C)S(C)(=O)=O)cc1C. The first-order valence-corrected chi connectivity index (χ1v) is 10.3. The largest absolute Gasteiger partial charge is 0.350 e. The van der Waals surface area contributed by atoms with Crippen molar-refractivity contribution in [1.82, 2.24) is 5.32 Å². The highest BCUT2D eigenvalue weighted by Crippen LogP contribution is 2.23. The number of anilines is 1. The molecule has 2 rings (SSSR count). The number of hydrogen-bond donors (Lipinski definition) is 1. The summed E-state index contributed by atoms with van der Waals surface area (Å²) < 4.78 is 25.9. The third kappa shape index (κ3) is 4.64. The Morgan fingerprint density at radius 2 is 1.69 bits per heavy atom. The number of hydrogen-bond acceptors (Lipinski definition) is 3. The van der Waals surface area contributed by atoms with Crippen LogP contribution in [0.25, 0.3) is 0 Å². The number of benzene rings is 2. The van der Waals surface area contributed by atoms with Gasteiger partial charge in [0.2, 0.25) is 15.9 Å². The topological polar surface area (TPSA) is 66.5 Å². The van der Waals surface area contributed by atoms with Gasteiger partial charge in [-0.3, -0.25) is 9.10 Å². The van der Waals surface area contributed by atoms with E-state index >= 15 is 0 Å². The minimum atomic E-state index is -3.61. The maximum atomic E-state index is 12.6. The lowest BCUT2D eigenvalue weighted by Crippen LogP contribution is -2.47. The summed E-state index contributed by atoms with van der Waals surface area (Å²) in [5.41, 5.74) is 4.62. The van der Waals surface area contributed by atoms with Crippen molar-refractivity contribution in [3.05, 3.63) is 64.7 Å². The van der Waals surface area contributed by atoms with Crippen LogP contribution in [0.2, 0.25) is 0 Å². The Morgan fingerprint density at radius 3 is 2.27 bits per heavy atom. The Kier molecular flexibility index (Phi) is 6.08. The third-order valence-corrected chi connectivity index (χ3v) is 5.79. The molecule has 5 nitrogen and oxygen atoms in total. The van der Waals surface area contributed by atoms with Crippen molar-refractivity contribution in [2.75, 3.05) is 10.6 Å². The molecule has 2 aromatic rings. The van der Waals surface area contributed by atoms with E-state index in [2.05, 4.69) is 5.32 Å². The molecule has 0 radical (unpaired) electrons. The molecule has 140 valence electrons. The Hall–Kier alpha value is -2.34. The van der Waals surface area contributed by atoms with Crippen LogP contribution in [-0.4, -0.2) is 26.6 Å². The Bertz CT molecular complexity index is 907. The van der Waals surface area contributed by atoms with E-state index in [0.717, 1.165) is 28.5 Å². The van der Waals surface area contributed by atoms with E-state index < -0.39 is 16.1 Å². The second-order valence-electron chi connectivity index (χ2n) is 6.65. The highest BCUT2D eigenvalue weighted by Gasteiger charge is 2.29. The standard InChI is InChI=1S/C20H26N2O3S/c1-14-10-11-19(12-16(14)3)22(26(5,24)25)17(4)20(23)21-13-18-9-7-6-8-15(18)2/h6-12,17H,13H2,1-5H3,(H,21,23)/t17-/m1/s1. The van der Waals surface area contributed by atoms with Crippen molar-refractivity contribution in [2.45, 2.75) is 40.3 Å². The summed E-state index contributed by atoms with van der Waals surface area (Å²) in [6.07, 6.45) is 1.12. The monoisotopic (exact) mass is 374 g/mol. The second kappa shape index (κ2) is 7.91. The zero-order chi connectivity index (χ0) is 19.5. The molecule has 0 saturated carbocycles. The first kappa shape index (κ1) is 20.0. The zero-order valence-electron chi connectivity index (χ0n) is 15.9. The highest BCUT2D eigenvalue weighted by atomic mass is 32.2. The summed E-state index contributed by atoms with van der Waals surface area (Å²) in [5.74, 6) is -0.336. The molecule has 0 bridgehead atoms. The predicted molar refractivity (Wildman–Crippen MR) is 106 cm³/mol. The Morgan fingerprint density at radius 1 is 1.04 bits per heavy atom. The van der Waals surface area contributed by atoms with Crippen LogP contribution in [0.3, 0.4) is 0 Å². The molecule has 26 heavy (non-hydrogen) atoms. The summed E-state index contributed by atoms with van der Waals surface area (Å²) in [5, 5.41) is 2.84. The van der Waals surface area contributed by atoms with Gasteiger partial charge in [-0.2, -0.15) is 0 Å². The van der Waals surface area contributed by atoms with Crippen LogP contribution >= 0.6 is 0 Å². The Balaban J connectivity index is 2.23. The average molecular weight is 375 g/mol. The first-order chi connectivity index (χ1) is 12.1. The average Bonchev–Trinajstić information content (AvgIpc) is 2.56. The lowest BCUT2D eigenvalue weighted by molar-refractivity contribution is -0.122. The highest BCUT2D eigenvalue weighted by molar-refractivity contribution is 7.92. The van der Waals surface area contributed by atoms with Gasteiger partial charge in [0, 0.05) is 6.54 Å². The van der Waals surface area contributed by atoms with Gasteiger partial charge in [-0.15, -0.1) is 0 Å². The summed E-state index contributed by atoms with van der Waals surface area (Å²) in [7, 11) is -3.61. The first-order valence-electron chi connectivity index (χ1n) is 8.50. The maximum absolute atomic E-state index is 12.6. The van der Waals surface area contributed by atoms with E-state index in [9.17, 15) is 13.2 Å². The van der Waals surface area contributed by atoms with Crippen LogP contribution in [0, 0.1) is 20.8 Å². The van der Waals surface area contributed by atoms with Gasteiger partial charge in [-0.05, 0) is 62.1 Å². The van der Waals surface area contributed by atoms with E-state index in [1.54, 1.807) is 19.1 Å². The van der Waals surface area contributed by atoms with Crippen LogP contribution in [0.1, 0.15) is 29.2 Å². The molecule has 0 saturated heterocycles.